The average molecular weight is 658 g/mol. The molecular weight excluding hydrogens is 619 g/mol. The third kappa shape index (κ3) is 6.41. The molecule has 248 valence electrons. The van der Waals surface area contributed by atoms with Gasteiger partial charge in [-0.25, -0.2) is 14.6 Å². The Morgan fingerprint density at radius 3 is 1.90 bits per heavy atom. The number of aliphatic hydroxyl groups excluding tert-OH is 1. The van der Waals surface area contributed by atoms with Crippen molar-refractivity contribution in [3.05, 3.63) is 179 Å². The lowest BCUT2D eigenvalue weighted by molar-refractivity contribution is 0.281. The highest BCUT2D eigenvalue weighted by Crippen LogP contribution is 2.43. The van der Waals surface area contributed by atoms with Gasteiger partial charge < -0.3 is 10.4 Å². The number of tetrazole rings is 1. The van der Waals surface area contributed by atoms with Gasteiger partial charge in [0.05, 0.1) is 6.61 Å². The highest BCUT2D eigenvalue weighted by molar-refractivity contribution is 5.81. The summed E-state index contributed by atoms with van der Waals surface area (Å²) >= 11 is 0. The number of nitrogens with one attached hydrogen (secondary N) is 1. The van der Waals surface area contributed by atoms with Crippen LogP contribution in [-0.2, 0) is 25.1 Å². The number of aryl methyl sites for hydroxylation is 1. The maximum absolute atomic E-state index is 10.1. The topological polar surface area (TPSA) is 102 Å². The van der Waals surface area contributed by atoms with Gasteiger partial charge in [0.1, 0.15) is 17.2 Å². The van der Waals surface area contributed by atoms with Gasteiger partial charge in [-0.3, -0.25) is 0 Å². The molecule has 8 nitrogen and oxygen atoms in total. The van der Waals surface area contributed by atoms with Crippen LogP contribution in [0.2, 0.25) is 0 Å². The maximum Gasteiger partial charge on any atom is 0.184 e. The summed E-state index contributed by atoms with van der Waals surface area (Å²) < 4.78 is 1.97. The molecule has 0 spiro atoms. The van der Waals surface area contributed by atoms with Crippen LogP contribution < -0.4 is 5.32 Å². The normalized spacial score (nSPS) is 11.4. The molecule has 2 heterocycles. The number of rotatable bonds is 13. The number of aliphatic hydroxyl groups is 1. The van der Waals surface area contributed by atoms with E-state index in [1.807, 2.05) is 41.1 Å². The zero-order chi connectivity index (χ0) is 34.2. The van der Waals surface area contributed by atoms with E-state index in [4.69, 9.17) is 15.3 Å². The van der Waals surface area contributed by atoms with E-state index in [9.17, 15) is 5.11 Å². The van der Waals surface area contributed by atoms with Gasteiger partial charge in [-0.05, 0) is 56.3 Å². The highest BCUT2D eigenvalue weighted by atomic mass is 16.3. The molecule has 0 aliphatic rings. The fourth-order valence-electron chi connectivity index (χ4n) is 6.59. The Balaban J connectivity index is 1.40. The van der Waals surface area contributed by atoms with Crippen molar-refractivity contribution in [2.24, 2.45) is 0 Å². The Morgan fingerprint density at radius 2 is 1.32 bits per heavy atom. The molecule has 0 bridgehead atoms. The van der Waals surface area contributed by atoms with Crippen molar-refractivity contribution in [2.75, 3.05) is 5.32 Å². The van der Waals surface area contributed by atoms with Gasteiger partial charge in [-0.15, -0.1) is 5.10 Å². The second-order valence-electron chi connectivity index (χ2n) is 12.2. The first-order valence-corrected chi connectivity index (χ1v) is 17.1. The van der Waals surface area contributed by atoms with Crippen LogP contribution in [0.15, 0.2) is 146 Å². The molecule has 2 N–H and O–H groups in total. The molecule has 0 aliphatic carbocycles. The Kier molecular flexibility index (Phi) is 9.80. The van der Waals surface area contributed by atoms with Gasteiger partial charge >= 0.3 is 0 Å². The molecule has 0 aliphatic heterocycles. The zero-order valence-electron chi connectivity index (χ0n) is 28.0. The second-order valence-corrected chi connectivity index (χ2v) is 12.2. The molecule has 0 fully saturated rings. The van der Waals surface area contributed by atoms with Crippen molar-refractivity contribution < 1.29 is 5.11 Å². The number of anilines is 1. The van der Waals surface area contributed by atoms with Crippen molar-refractivity contribution in [3.63, 3.8) is 0 Å². The lowest BCUT2D eigenvalue weighted by Crippen LogP contribution is -2.39. The van der Waals surface area contributed by atoms with Crippen LogP contribution in [0.5, 0.6) is 0 Å². The van der Waals surface area contributed by atoms with Crippen molar-refractivity contribution in [2.45, 2.75) is 44.9 Å². The van der Waals surface area contributed by atoms with Crippen molar-refractivity contribution >= 4 is 5.82 Å². The number of hydrogen-bond donors (Lipinski definition) is 2. The molecule has 0 saturated heterocycles. The smallest absolute Gasteiger partial charge is 0.184 e. The molecule has 50 heavy (non-hydrogen) atoms. The van der Waals surface area contributed by atoms with Crippen LogP contribution in [0.4, 0.5) is 5.82 Å². The largest absolute Gasteiger partial charge is 0.391 e. The van der Waals surface area contributed by atoms with Crippen LogP contribution in [0.1, 0.15) is 53.4 Å². The minimum absolute atomic E-state index is 0.149. The summed E-state index contributed by atoms with van der Waals surface area (Å²) in [6.07, 6.45) is 4.58. The molecule has 0 radical (unpaired) electrons. The average Bonchev–Trinajstić information content (AvgIpc) is 3.68. The molecule has 8 heteroatoms. The summed E-state index contributed by atoms with van der Waals surface area (Å²) in [5.74, 6) is 2.04. The molecule has 5 aromatic carbocycles. The Bertz CT molecular complexity index is 2040. The van der Waals surface area contributed by atoms with E-state index in [0.29, 0.717) is 23.8 Å². The predicted molar refractivity (Wildman–Crippen MR) is 197 cm³/mol. The van der Waals surface area contributed by atoms with E-state index in [1.54, 1.807) is 6.20 Å². The minimum Gasteiger partial charge on any atom is -0.391 e. The van der Waals surface area contributed by atoms with Gasteiger partial charge in [0.25, 0.3) is 0 Å². The second kappa shape index (κ2) is 15.1. The van der Waals surface area contributed by atoms with Crippen molar-refractivity contribution in [1.82, 2.24) is 30.2 Å². The molecule has 0 amide bonds. The minimum atomic E-state index is -0.892. The van der Waals surface area contributed by atoms with Crippen LogP contribution in [-0.4, -0.2) is 35.3 Å². The Labute approximate surface area is 292 Å². The molecule has 0 saturated carbocycles. The highest BCUT2D eigenvalue weighted by Gasteiger charge is 2.42. The first kappa shape index (κ1) is 32.6. The first-order valence-electron chi connectivity index (χ1n) is 17.1. The number of benzene rings is 5. The summed E-state index contributed by atoms with van der Waals surface area (Å²) in [5, 5.41) is 27.5. The van der Waals surface area contributed by atoms with Gasteiger partial charge in [-0.2, -0.15) is 0 Å². The molecule has 0 unspecified atom stereocenters. The third-order valence-corrected chi connectivity index (χ3v) is 9.07. The SMILES string of the molecule is CCCCc1ncc(CO)c(NCc2ccc(-c3ccccc3)c(-c3nnnn3C(c3ccccc3)(c3ccccc3)c3ccccc3)c2)n1. The van der Waals surface area contributed by atoms with Crippen LogP contribution in [0.25, 0.3) is 22.5 Å². The molecular formula is C42H39N7O. The van der Waals surface area contributed by atoms with Crippen LogP contribution >= 0.6 is 0 Å². The van der Waals surface area contributed by atoms with Gasteiger partial charge in [0.15, 0.2) is 5.82 Å². The fraction of sp³-hybridized carbons (Fsp3) is 0.167. The van der Waals surface area contributed by atoms with Crippen LogP contribution in [0.3, 0.4) is 0 Å². The lowest BCUT2D eigenvalue weighted by Gasteiger charge is -2.36. The van der Waals surface area contributed by atoms with Crippen molar-refractivity contribution in [1.29, 1.82) is 0 Å². The number of nitrogens with zero attached hydrogens (tertiary/aromatic N) is 6. The van der Waals surface area contributed by atoms with E-state index >= 15 is 0 Å². The summed E-state index contributed by atoms with van der Waals surface area (Å²) in [5.41, 5.74) is 6.83. The van der Waals surface area contributed by atoms with E-state index in [-0.39, 0.29) is 6.61 Å². The summed E-state index contributed by atoms with van der Waals surface area (Å²) in [6.45, 7) is 2.48. The Hall–Kier alpha value is -5.99. The van der Waals surface area contributed by atoms with Gasteiger partial charge in [0, 0.05) is 30.3 Å². The fourth-order valence-corrected chi connectivity index (χ4v) is 6.59. The third-order valence-electron chi connectivity index (χ3n) is 9.07. The molecule has 7 aromatic rings. The number of aromatic nitrogens is 6. The number of unbranched alkanes of at least 4 members (excludes halogenated alkanes) is 1. The van der Waals surface area contributed by atoms with E-state index in [1.165, 1.54) is 0 Å². The van der Waals surface area contributed by atoms with E-state index < -0.39 is 5.54 Å². The van der Waals surface area contributed by atoms with Crippen LogP contribution in [0, 0.1) is 0 Å². The predicted octanol–water partition coefficient (Wildman–Crippen LogP) is 8.08. The Morgan fingerprint density at radius 1 is 0.720 bits per heavy atom. The van der Waals surface area contributed by atoms with Gasteiger partial charge in [0.2, 0.25) is 0 Å². The zero-order valence-corrected chi connectivity index (χ0v) is 28.0. The molecule has 2 aromatic heterocycles. The quantitative estimate of drug-likeness (QED) is 0.121. The standard InChI is InChI=1S/C42H39N7O/c1-2-3-24-39-43-29-33(30-50)40(45-39)44-28-31-25-26-37(32-16-8-4-9-17-32)38(27-31)41-46-47-48-49(41)42(34-18-10-5-11-19-34,35-20-12-6-13-21-35)36-22-14-7-15-23-36/h4-23,25-27,29,50H,2-3,24,28,30H2,1H3,(H,43,44,45). The monoisotopic (exact) mass is 657 g/mol. The first-order chi connectivity index (χ1) is 24.7. The summed E-state index contributed by atoms with van der Waals surface area (Å²) in [4.78, 5) is 9.23. The van der Waals surface area contributed by atoms with E-state index in [2.05, 4.69) is 126 Å². The molecule has 7 rings (SSSR count). The van der Waals surface area contributed by atoms with Gasteiger partial charge in [-0.1, -0.05) is 147 Å². The van der Waals surface area contributed by atoms with E-state index in [0.717, 1.165) is 64.0 Å². The molecule has 0 atom stereocenters. The number of hydrogen-bond acceptors (Lipinski definition) is 7. The lowest BCUT2D eigenvalue weighted by atomic mass is 9.77. The van der Waals surface area contributed by atoms with Crippen molar-refractivity contribution in [3.8, 4) is 22.5 Å². The maximum atomic E-state index is 10.1. The summed E-state index contributed by atoms with van der Waals surface area (Å²) in [6, 6.07) is 48.0. The summed E-state index contributed by atoms with van der Waals surface area (Å²) in [7, 11) is 0.